The summed E-state index contributed by atoms with van der Waals surface area (Å²) in [4.78, 5) is 39.9. The first-order valence-electron chi connectivity index (χ1n) is 6.86. The fourth-order valence-electron chi connectivity index (χ4n) is 0.572. The van der Waals surface area contributed by atoms with Crippen LogP contribution in [0.1, 0.15) is 55.4 Å². The molecule has 0 unspecified atom stereocenters. The van der Waals surface area contributed by atoms with Gasteiger partial charge in [0.2, 0.25) is 0 Å². The first kappa shape index (κ1) is 33.4. The van der Waals surface area contributed by atoms with Gasteiger partial charge in [-0.3, -0.25) is 12.8 Å². The molecule has 0 aliphatic heterocycles. The molecule has 0 atom stereocenters. The van der Waals surface area contributed by atoms with Crippen molar-refractivity contribution in [3.05, 3.63) is 24.3 Å². The molecular weight excluding hydrogens is 343 g/mol. The maximum Gasteiger partial charge on any atom is 2.00 e. The number of hydrogen-bond acceptors (Lipinski definition) is 4. The third-order valence-corrected chi connectivity index (χ3v) is 0.813. The molecular formula is C16H30N2NiO4-2. The summed E-state index contributed by atoms with van der Waals surface area (Å²) >= 11 is 0. The fourth-order valence-corrected chi connectivity index (χ4v) is 0.572. The van der Waals surface area contributed by atoms with E-state index in [1.807, 2.05) is 27.7 Å². The van der Waals surface area contributed by atoms with Crippen molar-refractivity contribution in [1.82, 2.24) is 0 Å². The number of ketones is 4. The van der Waals surface area contributed by atoms with Crippen LogP contribution in [0.25, 0.3) is 11.5 Å². The molecule has 0 spiro atoms. The smallest absolute Gasteiger partial charge is 0.675 e. The third kappa shape index (κ3) is 158. The van der Waals surface area contributed by atoms with E-state index < -0.39 is 0 Å². The first-order valence-corrected chi connectivity index (χ1v) is 6.86. The molecule has 0 heterocycles. The maximum absolute atomic E-state index is 9.98. The summed E-state index contributed by atoms with van der Waals surface area (Å²) in [5, 5.41) is 0. The van der Waals surface area contributed by atoms with Gasteiger partial charge in [0, 0.05) is 23.1 Å². The largest absolute Gasteiger partial charge is 2.00 e. The Morgan fingerprint density at radius 1 is 0.609 bits per heavy atom. The zero-order valence-electron chi connectivity index (χ0n) is 15.3. The Labute approximate surface area is 151 Å². The van der Waals surface area contributed by atoms with Gasteiger partial charge in [0.25, 0.3) is 0 Å². The number of rotatable bonds is 4. The second-order valence-corrected chi connectivity index (χ2v) is 5.04. The fraction of sp³-hybridized carbons (Fsp3) is 0.625. The SMILES string of the molecule is CC(=O)[CH-]C(C)=O.CC(=O)[CH-]C(C)=O.CC(C)[NH-].CC(C)[NH-].[Ni+2]. The van der Waals surface area contributed by atoms with E-state index in [0.717, 1.165) is 12.8 Å². The van der Waals surface area contributed by atoms with E-state index in [1.165, 1.54) is 27.7 Å². The zero-order valence-corrected chi connectivity index (χ0v) is 16.2. The third-order valence-electron chi connectivity index (χ3n) is 0.813. The van der Waals surface area contributed by atoms with Crippen LogP contribution in [0.15, 0.2) is 0 Å². The standard InChI is InChI=1S/2C5H7O2.2C3H8N.Ni/c2*1-4(6)3-5(2)7;2*1-3(2)4;/h2*3H,1-2H3;2*3-4H,1-2H3;/q4*-1;+2. The second-order valence-electron chi connectivity index (χ2n) is 5.04. The molecule has 2 N–H and O–H groups in total. The quantitative estimate of drug-likeness (QED) is 0.425. The Kier molecular flexibility index (Phi) is 33.6. The van der Waals surface area contributed by atoms with Gasteiger partial charge in [0.05, 0.1) is 0 Å². The van der Waals surface area contributed by atoms with Crippen LogP contribution in [-0.2, 0) is 35.7 Å². The average Bonchev–Trinajstić information content (AvgIpc) is 2.10. The Balaban J connectivity index is -0.0000000639. The molecule has 23 heavy (non-hydrogen) atoms. The van der Waals surface area contributed by atoms with Crippen LogP contribution in [0.5, 0.6) is 0 Å². The summed E-state index contributed by atoms with van der Waals surface area (Å²) in [5.41, 5.74) is 13.2. The minimum atomic E-state index is -0.187. The molecule has 0 amide bonds. The van der Waals surface area contributed by atoms with Crippen LogP contribution in [0.2, 0.25) is 0 Å². The molecule has 0 saturated carbocycles. The van der Waals surface area contributed by atoms with Crippen LogP contribution in [-0.4, -0.2) is 35.2 Å². The van der Waals surface area contributed by atoms with Gasteiger partial charge in [0.15, 0.2) is 0 Å². The summed E-state index contributed by atoms with van der Waals surface area (Å²) in [5.74, 6) is -0.750. The summed E-state index contributed by atoms with van der Waals surface area (Å²) in [6.45, 7) is 12.7. The Hall–Kier alpha value is -1.17. The molecule has 0 fully saturated rings. The number of Topliss-reactive ketones (excluding diaryl/α,β-unsaturated/α-hetero) is 4. The van der Waals surface area contributed by atoms with Crippen molar-refractivity contribution in [2.24, 2.45) is 0 Å². The topological polar surface area (TPSA) is 116 Å². The summed E-state index contributed by atoms with van der Waals surface area (Å²) in [6, 6.07) is 0.167. The van der Waals surface area contributed by atoms with Crippen molar-refractivity contribution in [1.29, 1.82) is 0 Å². The van der Waals surface area contributed by atoms with E-state index in [1.54, 1.807) is 0 Å². The van der Waals surface area contributed by atoms with E-state index >= 15 is 0 Å². The normalized spacial score (nSPS) is 7.83. The molecule has 0 radical (unpaired) electrons. The molecule has 140 valence electrons. The number of nitrogens with one attached hydrogen (secondary N) is 2. The maximum atomic E-state index is 9.98. The molecule has 0 saturated heterocycles. The van der Waals surface area contributed by atoms with E-state index in [-0.39, 0.29) is 51.7 Å². The molecule has 0 aromatic rings. The van der Waals surface area contributed by atoms with Crippen molar-refractivity contribution in [3.63, 3.8) is 0 Å². The van der Waals surface area contributed by atoms with Gasteiger partial charge >= 0.3 is 16.5 Å². The van der Waals surface area contributed by atoms with Crippen LogP contribution in [0.3, 0.4) is 0 Å². The predicted molar refractivity (Wildman–Crippen MR) is 90.2 cm³/mol. The number of carbonyl (C=O) groups is 4. The summed E-state index contributed by atoms with van der Waals surface area (Å²) in [7, 11) is 0. The Morgan fingerprint density at radius 2 is 0.696 bits per heavy atom. The van der Waals surface area contributed by atoms with Crippen molar-refractivity contribution in [2.45, 2.75) is 67.5 Å². The minimum Gasteiger partial charge on any atom is -0.675 e. The van der Waals surface area contributed by atoms with Crippen molar-refractivity contribution < 1.29 is 35.7 Å². The monoisotopic (exact) mass is 372 g/mol. The molecule has 0 aromatic heterocycles. The van der Waals surface area contributed by atoms with E-state index in [2.05, 4.69) is 0 Å². The van der Waals surface area contributed by atoms with Gasteiger partial charge in [-0.15, -0.1) is 12.1 Å². The van der Waals surface area contributed by atoms with E-state index in [4.69, 9.17) is 11.5 Å². The summed E-state index contributed by atoms with van der Waals surface area (Å²) < 4.78 is 0. The molecule has 7 heteroatoms. The van der Waals surface area contributed by atoms with Crippen molar-refractivity contribution in [3.8, 4) is 0 Å². The zero-order chi connectivity index (χ0) is 18.9. The molecule has 6 nitrogen and oxygen atoms in total. The summed E-state index contributed by atoms with van der Waals surface area (Å²) in [6.07, 6.45) is 2.11. The van der Waals surface area contributed by atoms with Crippen LogP contribution < -0.4 is 0 Å². The number of hydrogen-bond donors (Lipinski definition) is 0. The predicted octanol–water partition coefficient (Wildman–Crippen LogP) is 3.63. The van der Waals surface area contributed by atoms with Gasteiger partial charge in [-0.1, -0.05) is 27.7 Å². The second kappa shape index (κ2) is 23.1. The van der Waals surface area contributed by atoms with Gasteiger partial charge in [-0.2, -0.15) is 0 Å². The first-order chi connectivity index (χ1) is 9.72. The molecule has 0 aliphatic carbocycles. The minimum absolute atomic E-state index is 0. The number of carbonyl (C=O) groups excluding carboxylic acids is 4. The Bertz CT molecular complexity index is 269. The molecule has 0 bridgehead atoms. The van der Waals surface area contributed by atoms with Gasteiger partial charge in [-0.25, -0.2) is 0 Å². The van der Waals surface area contributed by atoms with Crippen LogP contribution in [0.4, 0.5) is 0 Å². The van der Waals surface area contributed by atoms with Crippen molar-refractivity contribution >= 4 is 23.1 Å². The van der Waals surface area contributed by atoms with Crippen LogP contribution in [0, 0.1) is 12.8 Å². The Morgan fingerprint density at radius 3 is 0.696 bits per heavy atom. The van der Waals surface area contributed by atoms with Gasteiger partial charge in [-0.05, 0) is 27.7 Å². The van der Waals surface area contributed by atoms with E-state index in [0.29, 0.717) is 0 Å². The molecule has 0 aliphatic rings. The van der Waals surface area contributed by atoms with Crippen molar-refractivity contribution in [2.75, 3.05) is 0 Å². The average molecular weight is 373 g/mol. The van der Waals surface area contributed by atoms with E-state index in [9.17, 15) is 19.2 Å². The van der Waals surface area contributed by atoms with Gasteiger partial charge in [0.1, 0.15) is 0 Å². The molecule has 0 aromatic carbocycles. The molecule has 0 rings (SSSR count). The van der Waals surface area contributed by atoms with Crippen LogP contribution >= 0.6 is 0 Å². The van der Waals surface area contributed by atoms with Gasteiger partial charge < -0.3 is 30.6 Å².